The Morgan fingerprint density at radius 1 is 1.24 bits per heavy atom. The molecule has 154 valence electrons. The van der Waals surface area contributed by atoms with Crippen LogP contribution >= 0.6 is 0 Å². The van der Waals surface area contributed by atoms with Crippen molar-refractivity contribution in [1.29, 1.82) is 0 Å². The van der Waals surface area contributed by atoms with E-state index in [9.17, 15) is 4.79 Å². The number of imidazole rings is 1. The van der Waals surface area contributed by atoms with Crippen LogP contribution in [0.25, 0.3) is 21.9 Å². The van der Waals surface area contributed by atoms with E-state index in [0.29, 0.717) is 30.4 Å². The zero-order valence-electron chi connectivity index (χ0n) is 16.7. The van der Waals surface area contributed by atoms with E-state index >= 15 is 0 Å². The molecule has 1 amide bonds. The summed E-state index contributed by atoms with van der Waals surface area (Å²) in [6.45, 7) is 2.81. The second-order valence-electron chi connectivity index (χ2n) is 7.34. The minimum atomic E-state index is -0.410. The lowest BCUT2D eigenvalue weighted by Crippen LogP contribution is -2.36. The van der Waals surface area contributed by atoms with Crippen LogP contribution in [0.4, 0.5) is 10.6 Å². The van der Waals surface area contributed by atoms with Crippen LogP contribution in [0.1, 0.15) is 44.9 Å². The normalized spacial score (nSPS) is 15.1. The molecule has 4 rings (SSSR count). The van der Waals surface area contributed by atoms with Gasteiger partial charge in [-0.25, -0.2) is 14.8 Å². The lowest BCUT2D eigenvalue weighted by Gasteiger charge is -2.22. The summed E-state index contributed by atoms with van der Waals surface area (Å²) >= 11 is 0. The van der Waals surface area contributed by atoms with Crippen molar-refractivity contribution in [3.63, 3.8) is 0 Å². The first-order valence-corrected chi connectivity index (χ1v) is 10.2. The molecule has 1 saturated carbocycles. The second kappa shape index (κ2) is 8.65. The molecule has 0 bridgehead atoms. The van der Waals surface area contributed by atoms with Crippen LogP contribution in [-0.4, -0.2) is 33.3 Å². The minimum Gasteiger partial charge on any atom is -0.428 e. The molecule has 29 heavy (non-hydrogen) atoms. The van der Waals surface area contributed by atoms with Crippen LogP contribution in [-0.2, 0) is 22.8 Å². The van der Waals surface area contributed by atoms with E-state index in [-0.39, 0.29) is 12.8 Å². The number of nitrogen functional groups attached to an aromatic ring is 1. The Hall–Kier alpha value is -2.87. The van der Waals surface area contributed by atoms with E-state index in [1.54, 1.807) is 0 Å². The predicted molar refractivity (Wildman–Crippen MR) is 111 cm³/mol. The van der Waals surface area contributed by atoms with Gasteiger partial charge in [0, 0.05) is 18.0 Å². The van der Waals surface area contributed by atoms with E-state index in [0.717, 1.165) is 42.1 Å². The molecule has 1 aromatic carbocycles. The molecule has 2 aromatic heterocycles. The first-order chi connectivity index (χ1) is 14.2. The third-order valence-electron chi connectivity index (χ3n) is 5.38. The number of hydrogen-bond donors (Lipinski definition) is 2. The van der Waals surface area contributed by atoms with Crippen LogP contribution in [0.5, 0.6) is 0 Å². The van der Waals surface area contributed by atoms with E-state index < -0.39 is 6.09 Å². The average Bonchev–Trinajstić information content (AvgIpc) is 3.11. The number of amides is 1. The fourth-order valence-electron chi connectivity index (χ4n) is 3.93. The highest BCUT2D eigenvalue weighted by Crippen LogP contribution is 2.29. The van der Waals surface area contributed by atoms with Crippen molar-refractivity contribution < 1.29 is 14.3 Å². The van der Waals surface area contributed by atoms with Gasteiger partial charge in [0.25, 0.3) is 0 Å². The number of alkyl carbamates (subject to hydrolysis) is 1. The fourth-order valence-corrected chi connectivity index (χ4v) is 3.93. The number of hydrogen-bond acceptors (Lipinski definition) is 6. The van der Waals surface area contributed by atoms with Gasteiger partial charge in [-0.3, -0.25) is 4.57 Å². The maximum absolute atomic E-state index is 12.4. The maximum Gasteiger partial charge on any atom is 0.409 e. The number of nitrogens with one attached hydrogen (secondary N) is 1. The van der Waals surface area contributed by atoms with Gasteiger partial charge in [-0.15, -0.1) is 0 Å². The Bertz CT molecular complexity index is 1010. The van der Waals surface area contributed by atoms with Crippen molar-refractivity contribution in [3.05, 3.63) is 30.1 Å². The van der Waals surface area contributed by atoms with Gasteiger partial charge in [0.2, 0.25) is 0 Å². The molecular weight excluding hydrogens is 370 g/mol. The minimum absolute atomic E-state index is 0.0326. The van der Waals surface area contributed by atoms with Crippen LogP contribution in [0.2, 0.25) is 0 Å². The summed E-state index contributed by atoms with van der Waals surface area (Å²) < 4.78 is 13.0. The number of anilines is 1. The van der Waals surface area contributed by atoms with Crippen LogP contribution in [0, 0.1) is 0 Å². The Kier molecular flexibility index (Phi) is 5.80. The van der Waals surface area contributed by atoms with Gasteiger partial charge in [0.15, 0.2) is 12.5 Å². The molecular formula is C21H27N5O3. The number of rotatable bonds is 6. The fraction of sp³-hybridized carbons (Fsp3) is 0.476. The summed E-state index contributed by atoms with van der Waals surface area (Å²) in [6, 6.07) is 7.92. The zero-order valence-corrected chi connectivity index (χ0v) is 16.7. The largest absolute Gasteiger partial charge is 0.428 e. The highest BCUT2D eigenvalue weighted by Gasteiger charge is 2.20. The maximum atomic E-state index is 12.4. The molecule has 3 aromatic rings. The Balaban J connectivity index is 1.64. The summed E-state index contributed by atoms with van der Waals surface area (Å²) in [5, 5.41) is 3.88. The first kappa shape index (κ1) is 19.4. The lowest BCUT2D eigenvalue weighted by atomic mass is 9.96. The second-order valence-corrected chi connectivity index (χ2v) is 7.34. The van der Waals surface area contributed by atoms with E-state index in [1.165, 1.54) is 6.42 Å². The number of para-hydroxylation sites is 1. The summed E-state index contributed by atoms with van der Waals surface area (Å²) in [5.41, 5.74) is 8.33. The molecule has 1 aliphatic carbocycles. The molecule has 0 spiro atoms. The van der Waals surface area contributed by atoms with Crippen molar-refractivity contribution in [2.75, 3.05) is 12.3 Å². The molecule has 0 atom stereocenters. The van der Waals surface area contributed by atoms with Gasteiger partial charge in [0.1, 0.15) is 17.9 Å². The predicted octanol–water partition coefficient (Wildman–Crippen LogP) is 3.72. The number of nitrogens with two attached hydrogens (primary N) is 1. The third-order valence-corrected chi connectivity index (χ3v) is 5.38. The average molecular weight is 397 g/mol. The number of nitrogens with zero attached hydrogens (tertiary/aromatic N) is 3. The topological polar surface area (TPSA) is 104 Å². The Labute approximate surface area is 169 Å². The number of carbonyl (C=O) groups is 1. The molecule has 1 aliphatic rings. The molecule has 2 heterocycles. The van der Waals surface area contributed by atoms with Gasteiger partial charge < -0.3 is 20.5 Å². The smallest absolute Gasteiger partial charge is 0.409 e. The van der Waals surface area contributed by atoms with Crippen LogP contribution in [0.15, 0.2) is 24.3 Å². The zero-order chi connectivity index (χ0) is 20.2. The number of benzene rings is 1. The highest BCUT2D eigenvalue weighted by atomic mass is 16.6. The van der Waals surface area contributed by atoms with Crippen molar-refractivity contribution in [2.24, 2.45) is 0 Å². The summed E-state index contributed by atoms with van der Waals surface area (Å²) in [4.78, 5) is 21.4. The highest BCUT2D eigenvalue weighted by molar-refractivity contribution is 6.06. The van der Waals surface area contributed by atoms with E-state index in [2.05, 4.69) is 15.3 Å². The van der Waals surface area contributed by atoms with Crippen molar-refractivity contribution in [1.82, 2.24) is 19.9 Å². The standard InChI is InChI=1S/C21H27N5O3/c1-2-28-12-17-25-18-19(15-10-6-7-11-16(15)24-20(18)22)26(17)13-29-21(27)23-14-8-4-3-5-9-14/h6-7,10-11,14H,2-5,8-9,12-13H2,1H3,(H2,22,24)(H,23,27). The summed E-state index contributed by atoms with van der Waals surface area (Å²) in [7, 11) is 0. The van der Waals surface area contributed by atoms with Gasteiger partial charge in [-0.1, -0.05) is 37.5 Å². The van der Waals surface area contributed by atoms with Gasteiger partial charge in [0.05, 0.1) is 11.0 Å². The Morgan fingerprint density at radius 3 is 2.83 bits per heavy atom. The summed E-state index contributed by atoms with van der Waals surface area (Å²) in [6.07, 6.45) is 5.13. The van der Waals surface area contributed by atoms with Crippen molar-refractivity contribution in [2.45, 2.75) is 58.4 Å². The van der Waals surface area contributed by atoms with Gasteiger partial charge >= 0.3 is 6.09 Å². The number of fused-ring (bicyclic) bond motifs is 3. The lowest BCUT2D eigenvalue weighted by molar-refractivity contribution is 0.0959. The molecule has 8 heteroatoms. The van der Waals surface area contributed by atoms with E-state index in [1.807, 2.05) is 35.8 Å². The van der Waals surface area contributed by atoms with Crippen molar-refractivity contribution in [3.8, 4) is 0 Å². The third kappa shape index (κ3) is 4.12. The SMILES string of the molecule is CCOCc1nc2c(N)nc3ccccc3c2n1COC(=O)NC1CCCCC1. The van der Waals surface area contributed by atoms with Crippen LogP contribution in [0.3, 0.4) is 0 Å². The first-order valence-electron chi connectivity index (χ1n) is 10.2. The number of ether oxygens (including phenoxy) is 2. The molecule has 0 saturated heterocycles. The molecule has 0 unspecified atom stereocenters. The van der Waals surface area contributed by atoms with Gasteiger partial charge in [-0.05, 0) is 25.8 Å². The molecule has 8 nitrogen and oxygen atoms in total. The number of carbonyl (C=O) groups excluding carboxylic acids is 1. The molecule has 0 aliphatic heterocycles. The molecule has 1 fully saturated rings. The Morgan fingerprint density at radius 2 is 2.03 bits per heavy atom. The number of aromatic nitrogens is 3. The van der Waals surface area contributed by atoms with E-state index in [4.69, 9.17) is 15.2 Å². The number of pyridine rings is 1. The molecule has 3 N–H and O–H groups in total. The quantitative estimate of drug-likeness (QED) is 0.657. The van der Waals surface area contributed by atoms with Gasteiger partial charge in [-0.2, -0.15) is 0 Å². The van der Waals surface area contributed by atoms with Crippen LogP contribution < -0.4 is 11.1 Å². The van der Waals surface area contributed by atoms with Crippen molar-refractivity contribution >= 4 is 33.8 Å². The monoisotopic (exact) mass is 397 g/mol. The summed E-state index contributed by atoms with van der Waals surface area (Å²) in [5.74, 6) is 0.999. The molecule has 0 radical (unpaired) electrons.